The van der Waals surface area contributed by atoms with E-state index in [-0.39, 0.29) is 45.5 Å². The maximum Gasteiger partial charge on any atom is 0.219 e. The second-order valence-corrected chi connectivity index (χ2v) is 15.8. The molecule has 1 aliphatic heterocycles. The molecule has 0 aromatic rings. The predicted molar refractivity (Wildman–Crippen MR) is 159 cm³/mol. The lowest BCUT2D eigenvalue weighted by Crippen LogP contribution is -2.67. The van der Waals surface area contributed by atoms with Crippen LogP contribution in [0.2, 0.25) is 0 Å². The third-order valence-corrected chi connectivity index (χ3v) is 14.3. The Hall–Kier alpha value is -1.50. The third kappa shape index (κ3) is 3.78. The zero-order chi connectivity index (χ0) is 28.8. The van der Waals surface area contributed by atoms with E-state index in [1.54, 1.807) is 6.92 Å². The predicted octanol–water partition coefficient (Wildman–Crippen LogP) is 4.89. The molecular formula is C35H52N2O4. The van der Waals surface area contributed by atoms with E-state index >= 15 is 0 Å². The molecule has 1 unspecified atom stereocenters. The van der Waals surface area contributed by atoms with E-state index in [1.165, 1.54) is 6.42 Å². The maximum absolute atomic E-state index is 14.6. The summed E-state index contributed by atoms with van der Waals surface area (Å²) in [6.45, 7) is 10.2. The molecule has 1 amide bonds. The number of β-amino-alcohol motifs (C(OH)–C–C–N with tert-alkyl or cyclic N) is 1. The second kappa shape index (κ2) is 9.50. The van der Waals surface area contributed by atoms with Crippen LogP contribution in [-0.4, -0.2) is 76.1 Å². The SMILES string of the molecule is CC(=O)N1CCN(C[C@]2(O)CC[C@H]3[C@]45C=C[C@@]6(C=C4C(=O)C4CCCCC4)CC(O)CC[C@]6(C)[C@H]5CC[C@@]32C)CC1. The Morgan fingerprint density at radius 2 is 1.54 bits per heavy atom. The van der Waals surface area contributed by atoms with Crippen molar-refractivity contribution >= 4 is 11.7 Å². The monoisotopic (exact) mass is 564 g/mol. The van der Waals surface area contributed by atoms with Gasteiger partial charge in [0.1, 0.15) is 0 Å². The summed E-state index contributed by atoms with van der Waals surface area (Å²) in [5.74, 6) is 1.26. The molecule has 8 rings (SSSR count). The molecule has 6 nitrogen and oxygen atoms in total. The molecule has 2 bridgehead atoms. The average molecular weight is 565 g/mol. The summed E-state index contributed by atoms with van der Waals surface area (Å²) >= 11 is 0. The molecule has 2 spiro atoms. The lowest BCUT2D eigenvalue weighted by Gasteiger charge is -2.71. The summed E-state index contributed by atoms with van der Waals surface area (Å²) in [5.41, 5.74) is -0.549. The largest absolute Gasteiger partial charge is 0.393 e. The van der Waals surface area contributed by atoms with E-state index < -0.39 is 5.60 Å². The number of aliphatic hydroxyl groups is 2. The molecule has 1 heterocycles. The van der Waals surface area contributed by atoms with Crippen molar-refractivity contribution in [2.75, 3.05) is 32.7 Å². The average Bonchev–Trinajstić information content (AvgIpc) is 3.23. The number of rotatable bonds is 4. The molecular weight excluding hydrogens is 512 g/mol. The van der Waals surface area contributed by atoms with Crippen LogP contribution < -0.4 is 0 Å². The van der Waals surface area contributed by atoms with E-state index in [4.69, 9.17) is 0 Å². The van der Waals surface area contributed by atoms with Gasteiger partial charge in [-0.25, -0.2) is 0 Å². The second-order valence-electron chi connectivity index (χ2n) is 15.8. The fourth-order valence-corrected chi connectivity index (χ4v) is 11.8. The van der Waals surface area contributed by atoms with Gasteiger partial charge in [0.25, 0.3) is 0 Å². The first-order chi connectivity index (χ1) is 19.5. The number of amides is 1. The fourth-order valence-electron chi connectivity index (χ4n) is 11.8. The van der Waals surface area contributed by atoms with Gasteiger partial charge in [-0.2, -0.15) is 0 Å². The molecule has 226 valence electrons. The minimum atomic E-state index is -0.807. The van der Waals surface area contributed by atoms with E-state index in [1.807, 2.05) is 4.90 Å². The smallest absolute Gasteiger partial charge is 0.219 e. The van der Waals surface area contributed by atoms with Crippen molar-refractivity contribution in [3.05, 3.63) is 23.8 Å². The molecule has 4 saturated carbocycles. The van der Waals surface area contributed by atoms with Crippen LogP contribution in [0, 0.1) is 39.4 Å². The molecule has 1 saturated heterocycles. The van der Waals surface area contributed by atoms with Crippen LogP contribution in [-0.2, 0) is 9.59 Å². The zero-order valence-corrected chi connectivity index (χ0v) is 25.7. The van der Waals surface area contributed by atoms with Crippen molar-refractivity contribution in [1.29, 1.82) is 0 Å². The first-order valence-electron chi connectivity index (χ1n) is 16.8. The van der Waals surface area contributed by atoms with E-state index in [9.17, 15) is 19.8 Å². The maximum atomic E-state index is 14.6. The Morgan fingerprint density at radius 3 is 2.24 bits per heavy atom. The Kier molecular flexibility index (Phi) is 6.55. The number of ketones is 1. The van der Waals surface area contributed by atoms with Crippen molar-refractivity contribution in [2.24, 2.45) is 39.4 Å². The van der Waals surface area contributed by atoms with Crippen molar-refractivity contribution in [3.8, 4) is 0 Å². The van der Waals surface area contributed by atoms with Gasteiger partial charge in [0.2, 0.25) is 5.91 Å². The van der Waals surface area contributed by atoms with Gasteiger partial charge in [0.05, 0.1) is 11.7 Å². The summed E-state index contributed by atoms with van der Waals surface area (Å²) in [7, 11) is 0. The summed E-state index contributed by atoms with van der Waals surface area (Å²) in [5, 5.41) is 23.5. The van der Waals surface area contributed by atoms with Crippen LogP contribution in [0.3, 0.4) is 0 Å². The lowest BCUT2D eigenvalue weighted by molar-refractivity contribution is -0.180. The molecule has 6 heteroatoms. The molecule has 8 aliphatic rings. The van der Waals surface area contributed by atoms with Crippen LogP contribution >= 0.6 is 0 Å². The van der Waals surface area contributed by atoms with E-state index in [0.717, 1.165) is 102 Å². The third-order valence-electron chi connectivity index (χ3n) is 14.3. The number of allylic oxidation sites excluding steroid dienone is 4. The topological polar surface area (TPSA) is 81.1 Å². The van der Waals surface area contributed by atoms with Gasteiger partial charge in [-0.15, -0.1) is 0 Å². The van der Waals surface area contributed by atoms with E-state index in [2.05, 4.69) is 37.0 Å². The van der Waals surface area contributed by atoms with Crippen LogP contribution in [0.15, 0.2) is 23.8 Å². The summed E-state index contributed by atoms with van der Waals surface area (Å²) < 4.78 is 0. The summed E-state index contributed by atoms with van der Waals surface area (Å²) in [4.78, 5) is 30.8. The molecule has 0 radical (unpaired) electrons. The number of fused-ring (bicyclic) bond motifs is 1. The van der Waals surface area contributed by atoms with Crippen molar-refractivity contribution < 1.29 is 19.8 Å². The molecule has 7 aliphatic carbocycles. The standard InChI is InChI=1S/C35H52N2O4/c1-24(38)37-19-17-36(18-20-37)23-34(41)14-11-29-32(34,3)13-10-28-31(2)12-9-26(39)21-33(31)15-16-35(28,29)27(22-33)30(40)25-7-5-4-6-8-25/h15-16,22,25-26,28-29,39,41H,4-14,17-21,23H2,1-3H3/t26?,28-,29-,31-,32+,33+,34-,35-/m1/s1. The van der Waals surface area contributed by atoms with Crippen LogP contribution in [0.25, 0.3) is 0 Å². The fraction of sp³-hybridized carbons (Fsp3) is 0.829. The van der Waals surface area contributed by atoms with Gasteiger partial charge in [-0.05, 0) is 75.0 Å². The molecule has 0 aromatic carbocycles. The Bertz CT molecular complexity index is 1170. The van der Waals surface area contributed by atoms with Crippen LogP contribution in [0.4, 0.5) is 0 Å². The van der Waals surface area contributed by atoms with Crippen molar-refractivity contribution in [3.63, 3.8) is 0 Å². The molecule has 41 heavy (non-hydrogen) atoms. The number of hydrogen-bond acceptors (Lipinski definition) is 5. The normalized spacial score (nSPS) is 47.9. The van der Waals surface area contributed by atoms with Crippen LogP contribution in [0.1, 0.15) is 97.8 Å². The number of carbonyl (C=O) groups is 2. The minimum Gasteiger partial charge on any atom is -0.393 e. The lowest BCUT2D eigenvalue weighted by atomic mass is 9.32. The summed E-state index contributed by atoms with van der Waals surface area (Å²) in [6, 6.07) is 0. The molecule has 8 atom stereocenters. The first-order valence-corrected chi connectivity index (χ1v) is 16.8. The van der Waals surface area contributed by atoms with Gasteiger partial charge < -0.3 is 15.1 Å². The van der Waals surface area contributed by atoms with Gasteiger partial charge in [-0.1, -0.05) is 51.3 Å². The molecule has 0 aromatic heterocycles. The highest BCUT2D eigenvalue weighted by atomic mass is 16.3. The number of Topliss-reactive ketones (excluding diaryl/α,β-unsaturated/α-hetero) is 1. The Labute approximate surface area is 246 Å². The number of nitrogens with zero attached hydrogens (tertiary/aromatic N) is 2. The first kappa shape index (κ1) is 28.3. The minimum absolute atomic E-state index is 0.0301. The van der Waals surface area contributed by atoms with Gasteiger partial charge in [-0.3, -0.25) is 14.5 Å². The van der Waals surface area contributed by atoms with Crippen LogP contribution in [0.5, 0.6) is 0 Å². The van der Waals surface area contributed by atoms with Crippen molar-refractivity contribution in [1.82, 2.24) is 9.80 Å². The van der Waals surface area contributed by atoms with Crippen molar-refractivity contribution in [2.45, 2.75) is 110 Å². The summed E-state index contributed by atoms with van der Waals surface area (Å²) in [6.07, 6.45) is 18.8. The Morgan fingerprint density at radius 1 is 0.878 bits per heavy atom. The Balaban J connectivity index is 1.27. The highest BCUT2D eigenvalue weighted by Gasteiger charge is 2.74. The number of piperazine rings is 1. The number of aliphatic hydroxyl groups excluding tert-OH is 1. The highest BCUT2D eigenvalue weighted by molar-refractivity contribution is 6.00. The molecule has 5 fully saturated rings. The highest BCUT2D eigenvalue weighted by Crippen LogP contribution is 2.78. The molecule has 2 N–H and O–H groups in total. The van der Waals surface area contributed by atoms with Gasteiger partial charge in [0, 0.05) is 67.4 Å². The number of hydrogen-bond donors (Lipinski definition) is 2. The zero-order valence-electron chi connectivity index (χ0n) is 25.7. The van der Waals surface area contributed by atoms with Gasteiger partial charge >= 0.3 is 0 Å². The number of carbonyl (C=O) groups excluding carboxylic acids is 2. The van der Waals surface area contributed by atoms with E-state index in [0.29, 0.717) is 18.2 Å². The quantitative estimate of drug-likeness (QED) is 0.475. The van der Waals surface area contributed by atoms with Gasteiger partial charge in [0.15, 0.2) is 5.78 Å².